The molecule has 0 aliphatic carbocycles. The summed E-state index contributed by atoms with van der Waals surface area (Å²) in [4.78, 5) is 21.2. The number of nitrogens with one attached hydrogen (secondary N) is 2. The van der Waals surface area contributed by atoms with Gasteiger partial charge in [0.15, 0.2) is 11.9 Å². The van der Waals surface area contributed by atoms with E-state index in [4.69, 9.17) is 38.1 Å². The van der Waals surface area contributed by atoms with Crippen LogP contribution in [0.1, 0.15) is 77.3 Å². The van der Waals surface area contributed by atoms with Crippen molar-refractivity contribution in [1.29, 1.82) is 5.26 Å². The molecule has 2 aromatic heterocycles. The van der Waals surface area contributed by atoms with E-state index in [-0.39, 0.29) is 37.3 Å². The molecule has 320 valence electrons. The maximum atomic E-state index is 13.5. The van der Waals surface area contributed by atoms with E-state index in [1.54, 1.807) is 18.9 Å². The first-order valence-corrected chi connectivity index (χ1v) is 22.4. The third-order valence-corrected chi connectivity index (χ3v) is 13.1. The Balaban J connectivity index is 1.46. The molecule has 0 amide bonds. The van der Waals surface area contributed by atoms with Crippen molar-refractivity contribution in [3.05, 3.63) is 110 Å². The first kappa shape index (κ1) is 45.4. The van der Waals surface area contributed by atoms with Gasteiger partial charge < -0.3 is 33.3 Å². The van der Waals surface area contributed by atoms with Crippen LogP contribution in [0.4, 0.5) is 5.95 Å². The summed E-state index contributed by atoms with van der Waals surface area (Å²) in [5.41, 5.74) is 1.62. The average Bonchev–Trinajstić information content (AvgIpc) is 3.80. The van der Waals surface area contributed by atoms with Crippen molar-refractivity contribution >= 4 is 48.1 Å². The van der Waals surface area contributed by atoms with Crippen LogP contribution in [0.3, 0.4) is 0 Å². The average molecular weight is 952 g/mol. The molecule has 1 aliphatic heterocycles. The molecule has 0 saturated carbocycles. The fourth-order valence-electron chi connectivity index (χ4n) is 7.39. The number of methoxy groups -OCH3 is 2. The number of benzene rings is 3. The zero-order valence-electron chi connectivity index (χ0n) is 35.4. The lowest BCUT2D eigenvalue weighted by molar-refractivity contribution is -0.0932. The maximum Gasteiger partial charge on any atom is 0.264 e. The molecule has 16 heteroatoms. The Morgan fingerprint density at radius 2 is 1.57 bits per heavy atom. The molecule has 1 unspecified atom stereocenters. The Morgan fingerprint density at radius 3 is 2.12 bits per heavy atom. The van der Waals surface area contributed by atoms with Gasteiger partial charge in [0.05, 0.1) is 46.0 Å². The normalized spacial score (nSPS) is 17.5. The van der Waals surface area contributed by atoms with Crippen molar-refractivity contribution < 1.29 is 28.0 Å². The molecule has 1 fully saturated rings. The Morgan fingerprint density at radius 1 is 0.967 bits per heavy atom. The molecule has 0 radical (unpaired) electrons. The molecular weight excluding hydrogens is 896 g/mol. The minimum atomic E-state index is -1.67. The van der Waals surface area contributed by atoms with Gasteiger partial charge in [-0.15, -0.1) is 0 Å². The van der Waals surface area contributed by atoms with E-state index in [2.05, 4.69) is 97.3 Å². The monoisotopic (exact) mass is 951 g/mol. The highest BCUT2D eigenvalue weighted by atomic mass is 127. The molecular formula is C44H55IN7O7P. The van der Waals surface area contributed by atoms with Crippen LogP contribution in [0.2, 0.25) is 0 Å². The highest BCUT2D eigenvalue weighted by molar-refractivity contribution is 14.1. The van der Waals surface area contributed by atoms with Gasteiger partial charge >= 0.3 is 0 Å². The Labute approximate surface area is 367 Å². The van der Waals surface area contributed by atoms with Crippen LogP contribution in [0, 0.1) is 20.9 Å². The third kappa shape index (κ3) is 10.1. The number of ether oxygens (including phenoxy) is 4. The van der Waals surface area contributed by atoms with E-state index >= 15 is 0 Å². The molecule has 1 saturated heterocycles. The molecule has 4 atom stereocenters. The number of halogens is 1. The molecule has 1 aliphatic rings. The van der Waals surface area contributed by atoms with Gasteiger partial charge in [0.1, 0.15) is 32.3 Å². The Bertz CT molecular complexity index is 2190. The smallest absolute Gasteiger partial charge is 0.264 e. The van der Waals surface area contributed by atoms with E-state index in [0.29, 0.717) is 51.1 Å². The summed E-state index contributed by atoms with van der Waals surface area (Å²) in [7, 11) is 1.62. The second kappa shape index (κ2) is 20.6. The largest absolute Gasteiger partial charge is 0.497 e. The fraction of sp³-hybridized carbons (Fsp3) is 0.455. The number of aromatic nitrogens is 4. The molecule has 2 N–H and O–H groups in total. The number of fused-ring (bicyclic) bond motifs is 1. The molecule has 14 nitrogen and oxygen atoms in total. The molecule has 0 bridgehead atoms. The molecule has 0 spiro atoms. The molecule has 3 heterocycles. The summed E-state index contributed by atoms with van der Waals surface area (Å²) in [5.74, 6) is 2.11. The summed E-state index contributed by atoms with van der Waals surface area (Å²) >= 11 is 2.07. The minimum Gasteiger partial charge on any atom is -0.497 e. The summed E-state index contributed by atoms with van der Waals surface area (Å²) in [6, 6.07) is 28.2. The Hall–Kier alpha value is -4.14. The van der Waals surface area contributed by atoms with Crippen LogP contribution in [-0.4, -0.2) is 82.7 Å². The number of hydrogen-bond donors (Lipinski definition) is 2. The molecule has 3 aromatic carbocycles. The number of aromatic amines is 1. The molecule has 6 rings (SSSR count). The lowest BCUT2D eigenvalue weighted by Gasteiger charge is -2.39. The van der Waals surface area contributed by atoms with E-state index in [9.17, 15) is 10.1 Å². The maximum absolute atomic E-state index is 13.5. The van der Waals surface area contributed by atoms with Gasteiger partial charge in [-0.3, -0.25) is 9.78 Å². The number of nitrogens with zero attached hydrogens (tertiary/aromatic N) is 5. The lowest BCUT2D eigenvalue weighted by atomic mass is 9.80. The first-order chi connectivity index (χ1) is 28.9. The quantitative estimate of drug-likeness (QED) is 0.0331. The van der Waals surface area contributed by atoms with Crippen LogP contribution in [0.25, 0.3) is 11.0 Å². The van der Waals surface area contributed by atoms with Crippen LogP contribution >= 0.6 is 31.1 Å². The van der Waals surface area contributed by atoms with Gasteiger partial charge in [-0.25, -0.2) is 9.35 Å². The number of anilines is 1. The van der Waals surface area contributed by atoms with Gasteiger partial charge in [-0.05, 0) is 97.2 Å². The van der Waals surface area contributed by atoms with Crippen LogP contribution in [-0.2, 0) is 24.1 Å². The lowest BCUT2D eigenvalue weighted by Crippen LogP contribution is -2.39. The van der Waals surface area contributed by atoms with Crippen LogP contribution < -0.4 is 20.3 Å². The van der Waals surface area contributed by atoms with Crippen LogP contribution in [0.15, 0.2) is 83.7 Å². The van der Waals surface area contributed by atoms with Gasteiger partial charge in [0.2, 0.25) is 5.95 Å². The summed E-state index contributed by atoms with van der Waals surface area (Å²) in [5, 5.41) is 17.9. The topological polar surface area (TPSA) is 158 Å². The van der Waals surface area contributed by atoms with Crippen molar-refractivity contribution in [3.8, 4) is 17.6 Å². The zero-order chi connectivity index (χ0) is 43.0. The predicted octanol–water partition coefficient (Wildman–Crippen LogP) is 8.77. The van der Waals surface area contributed by atoms with Crippen molar-refractivity contribution in [3.63, 3.8) is 0 Å². The van der Waals surface area contributed by atoms with E-state index in [1.165, 1.54) is 0 Å². The van der Waals surface area contributed by atoms with Gasteiger partial charge in [-0.1, -0.05) is 68.4 Å². The first-order valence-electron chi connectivity index (χ1n) is 20.2. The summed E-state index contributed by atoms with van der Waals surface area (Å²) in [6.45, 7) is 13.5. The van der Waals surface area contributed by atoms with Crippen molar-refractivity contribution in [1.82, 2.24) is 24.4 Å². The number of nitriles is 1. The van der Waals surface area contributed by atoms with Crippen molar-refractivity contribution in [2.45, 2.75) is 90.5 Å². The number of rotatable bonds is 20. The van der Waals surface area contributed by atoms with Crippen molar-refractivity contribution in [2.75, 3.05) is 39.3 Å². The van der Waals surface area contributed by atoms with Gasteiger partial charge in [-0.2, -0.15) is 15.3 Å². The minimum absolute atomic E-state index is 0.0738. The highest BCUT2D eigenvalue weighted by Gasteiger charge is 2.45. The standard InChI is InChI=1S/C44H55IN7O7P/c1-28(2)26-47-43-48-41-39(42(53)49-43)40(45)50-51(41)38-25-36(59-60(57-24-12-23-46)52(29(3)4)30(5)6)37(58-38)27-56-44(31-13-10-9-11-14-31,32-15-19-34(54-7)20-16-32)33-17-21-35(55-8)22-18-33/h9-11,13-22,28-30,36-38H,12,24-27H2,1-8H3,(H2,47,48,49,53)/t36-,37+,38+,60?/m0/s1. The second-order valence-electron chi connectivity index (χ2n) is 15.5. The van der Waals surface area contributed by atoms with Gasteiger partial charge in [0.25, 0.3) is 14.1 Å². The SMILES string of the molecule is COc1ccc(C(OC[C@H]2O[C@@H](n3nc(I)c4c(=O)[nH]c(NCC(C)C)nc43)C[C@@H]2OP(OCCC#N)N(C(C)C)C(C)C)(c2ccccc2)c2ccc(OC)cc2)cc1. The van der Waals surface area contributed by atoms with Crippen LogP contribution in [0.5, 0.6) is 11.5 Å². The second-order valence-corrected chi connectivity index (χ2v) is 17.9. The summed E-state index contributed by atoms with van der Waals surface area (Å²) in [6.07, 6.45) is -1.34. The summed E-state index contributed by atoms with van der Waals surface area (Å²) < 4.78 is 43.3. The molecule has 5 aromatic rings. The van der Waals surface area contributed by atoms with E-state index < -0.39 is 32.6 Å². The zero-order valence-corrected chi connectivity index (χ0v) is 38.5. The van der Waals surface area contributed by atoms with Gasteiger partial charge in [0, 0.05) is 25.0 Å². The van der Waals surface area contributed by atoms with E-state index in [0.717, 1.165) is 16.7 Å². The predicted molar refractivity (Wildman–Crippen MR) is 241 cm³/mol. The fourth-order valence-corrected chi connectivity index (χ4v) is 9.87. The third-order valence-electron chi connectivity index (χ3n) is 10.2. The van der Waals surface area contributed by atoms with Crippen molar-refractivity contribution in [2.24, 2.45) is 5.92 Å². The Kier molecular flexibility index (Phi) is 15.6. The highest BCUT2D eigenvalue weighted by Crippen LogP contribution is 2.51. The van der Waals surface area contributed by atoms with E-state index in [1.807, 2.05) is 66.7 Å². The number of hydrogen-bond acceptors (Lipinski definition) is 12. The molecule has 60 heavy (non-hydrogen) atoms. The number of H-pyrrole nitrogens is 1.